The van der Waals surface area contributed by atoms with Gasteiger partial charge in [0.15, 0.2) is 5.54 Å². The third-order valence-electron chi connectivity index (χ3n) is 3.74. The van der Waals surface area contributed by atoms with Crippen molar-refractivity contribution in [2.75, 3.05) is 7.11 Å². The normalized spacial score (nSPS) is 15.2. The van der Waals surface area contributed by atoms with Gasteiger partial charge in [-0.3, -0.25) is 4.99 Å². The van der Waals surface area contributed by atoms with Gasteiger partial charge in [-0.05, 0) is 29.7 Å². The smallest absolute Gasteiger partial charge is 0.416 e. The summed E-state index contributed by atoms with van der Waals surface area (Å²) in [4.78, 5) is 15.9. The maximum absolute atomic E-state index is 12.9. The molecule has 1 aromatic rings. The molecule has 1 atom stereocenters. The number of carbonyl (C=O) groups is 1. The molecule has 0 spiro atoms. The number of hydrogen-bond donors (Lipinski definition) is 0. The molecular formula is C17H17F6NO2. The van der Waals surface area contributed by atoms with Crippen molar-refractivity contribution in [3.05, 3.63) is 47.5 Å². The molecule has 0 saturated heterocycles. The molecule has 0 heterocycles. The second kappa shape index (κ2) is 7.51. The highest BCUT2D eigenvalue weighted by Crippen LogP contribution is 2.36. The largest absolute Gasteiger partial charge is 0.467 e. The van der Waals surface area contributed by atoms with Crippen LogP contribution < -0.4 is 0 Å². The predicted molar refractivity (Wildman–Crippen MR) is 83.8 cm³/mol. The molecule has 0 N–H and O–H groups in total. The topological polar surface area (TPSA) is 38.7 Å². The van der Waals surface area contributed by atoms with E-state index >= 15 is 0 Å². The SMILES string of the molecule is C=CC(N=Cc1cc(C(F)(F)F)cc(C(F)(F)F)c1)(C(=O)OC)C(C)C. The zero-order valence-electron chi connectivity index (χ0n) is 14.2. The molecule has 9 heteroatoms. The van der Waals surface area contributed by atoms with Gasteiger partial charge >= 0.3 is 18.3 Å². The van der Waals surface area contributed by atoms with E-state index in [9.17, 15) is 31.1 Å². The number of hydrogen-bond acceptors (Lipinski definition) is 3. The first kappa shape index (κ1) is 21.7. The van der Waals surface area contributed by atoms with Gasteiger partial charge in [0.05, 0.1) is 18.2 Å². The summed E-state index contributed by atoms with van der Waals surface area (Å²) in [5.41, 5.74) is -5.04. The number of nitrogens with zero attached hydrogens (tertiary/aromatic N) is 1. The first-order valence-corrected chi connectivity index (χ1v) is 7.34. The van der Waals surface area contributed by atoms with Crippen molar-refractivity contribution in [1.29, 1.82) is 0 Å². The van der Waals surface area contributed by atoms with Crippen LogP contribution in [0.3, 0.4) is 0 Å². The number of esters is 1. The first-order chi connectivity index (χ1) is 11.8. The van der Waals surface area contributed by atoms with E-state index in [2.05, 4.69) is 16.3 Å². The van der Waals surface area contributed by atoms with Gasteiger partial charge in [-0.1, -0.05) is 19.9 Å². The zero-order valence-corrected chi connectivity index (χ0v) is 14.2. The summed E-state index contributed by atoms with van der Waals surface area (Å²) in [6.07, 6.45) is -8.03. The fourth-order valence-corrected chi connectivity index (χ4v) is 2.21. The van der Waals surface area contributed by atoms with Crippen molar-refractivity contribution in [2.24, 2.45) is 10.9 Å². The summed E-state index contributed by atoms with van der Waals surface area (Å²) in [6.45, 7) is 6.65. The molecule has 0 aliphatic carbocycles. The van der Waals surface area contributed by atoms with Crippen molar-refractivity contribution in [2.45, 2.75) is 31.7 Å². The van der Waals surface area contributed by atoms with Crippen molar-refractivity contribution in [3.63, 3.8) is 0 Å². The minimum Gasteiger partial charge on any atom is -0.467 e. The van der Waals surface area contributed by atoms with Crippen LogP contribution >= 0.6 is 0 Å². The lowest BCUT2D eigenvalue weighted by molar-refractivity contribution is -0.146. The van der Waals surface area contributed by atoms with Crippen LogP contribution in [0, 0.1) is 5.92 Å². The third-order valence-corrected chi connectivity index (χ3v) is 3.74. The summed E-state index contributed by atoms with van der Waals surface area (Å²) in [7, 11) is 1.09. The summed E-state index contributed by atoms with van der Waals surface area (Å²) in [6, 6.07) is 1.05. The molecule has 1 aromatic carbocycles. The summed E-state index contributed by atoms with van der Waals surface area (Å²) >= 11 is 0. The molecule has 0 fully saturated rings. The monoisotopic (exact) mass is 381 g/mol. The van der Waals surface area contributed by atoms with E-state index in [4.69, 9.17) is 0 Å². The molecule has 0 aliphatic rings. The number of halogens is 6. The number of benzene rings is 1. The van der Waals surface area contributed by atoms with Crippen LogP contribution in [0.2, 0.25) is 0 Å². The highest BCUT2D eigenvalue weighted by molar-refractivity contribution is 5.89. The Morgan fingerprint density at radius 3 is 1.85 bits per heavy atom. The van der Waals surface area contributed by atoms with Crippen LogP contribution in [-0.4, -0.2) is 24.8 Å². The maximum atomic E-state index is 12.9. The van der Waals surface area contributed by atoms with E-state index in [1.165, 1.54) is 0 Å². The number of rotatable bonds is 5. The number of methoxy groups -OCH3 is 1. The van der Waals surface area contributed by atoms with Crippen LogP contribution in [-0.2, 0) is 21.9 Å². The van der Waals surface area contributed by atoms with Gasteiger partial charge in [-0.15, -0.1) is 6.58 Å². The number of ether oxygens (including phenoxy) is 1. The van der Waals surface area contributed by atoms with Gasteiger partial charge in [-0.25, -0.2) is 4.79 Å². The summed E-state index contributed by atoms with van der Waals surface area (Å²) in [5.74, 6) is -1.33. The Hall–Kier alpha value is -2.32. The predicted octanol–water partition coefficient (Wildman–Crippen LogP) is 4.90. The average Bonchev–Trinajstić information content (AvgIpc) is 2.53. The molecule has 26 heavy (non-hydrogen) atoms. The van der Waals surface area contributed by atoms with E-state index in [1.807, 2.05) is 0 Å². The number of aliphatic imine (C=N–C) groups is 1. The van der Waals surface area contributed by atoms with Gasteiger partial charge in [0.1, 0.15) is 0 Å². The molecule has 0 amide bonds. The van der Waals surface area contributed by atoms with Gasteiger partial charge in [0.2, 0.25) is 0 Å². The molecule has 0 aliphatic heterocycles. The highest BCUT2D eigenvalue weighted by atomic mass is 19.4. The van der Waals surface area contributed by atoms with Crippen LogP contribution in [0.25, 0.3) is 0 Å². The van der Waals surface area contributed by atoms with Gasteiger partial charge in [0, 0.05) is 6.21 Å². The second-order valence-corrected chi connectivity index (χ2v) is 5.77. The van der Waals surface area contributed by atoms with E-state index < -0.39 is 46.5 Å². The Morgan fingerprint density at radius 2 is 1.54 bits per heavy atom. The standard InChI is InChI=1S/C17H17F6NO2/c1-5-15(10(2)3,14(25)26-4)24-9-11-6-12(16(18,19)20)8-13(7-11)17(21,22)23/h5-10H,1H2,2-4H3. The first-order valence-electron chi connectivity index (χ1n) is 7.34. The summed E-state index contributed by atoms with van der Waals surface area (Å²) in [5, 5.41) is 0. The van der Waals surface area contributed by atoms with E-state index in [-0.39, 0.29) is 6.07 Å². The maximum Gasteiger partial charge on any atom is 0.416 e. The molecule has 0 aromatic heterocycles. The fourth-order valence-electron chi connectivity index (χ4n) is 2.21. The Kier molecular flexibility index (Phi) is 6.27. The minimum absolute atomic E-state index is 0.0147. The molecule has 0 radical (unpaired) electrons. The Labute approximate surface area is 146 Å². The molecule has 0 bridgehead atoms. The van der Waals surface area contributed by atoms with Gasteiger partial charge in [0.25, 0.3) is 0 Å². The van der Waals surface area contributed by atoms with Crippen LogP contribution in [0.1, 0.15) is 30.5 Å². The highest BCUT2D eigenvalue weighted by Gasteiger charge is 2.40. The van der Waals surface area contributed by atoms with Crippen LogP contribution in [0.15, 0.2) is 35.8 Å². The lowest BCUT2D eigenvalue weighted by atomic mass is 9.87. The minimum atomic E-state index is -4.97. The van der Waals surface area contributed by atoms with Crippen molar-refractivity contribution in [3.8, 4) is 0 Å². The molecule has 3 nitrogen and oxygen atoms in total. The molecule has 144 valence electrons. The molecule has 1 unspecified atom stereocenters. The van der Waals surface area contributed by atoms with Gasteiger partial charge in [-0.2, -0.15) is 26.3 Å². The molecule has 0 saturated carbocycles. The lowest BCUT2D eigenvalue weighted by Crippen LogP contribution is -2.41. The van der Waals surface area contributed by atoms with Crippen molar-refractivity contribution in [1.82, 2.24) is 0 Å². The molecule has 1 rings (SSSR count). The van der Waals surface area contributed by atoms with Crippen molar-refractivity contribution < 1.29 is 35.9 Å². The lowest BCUT2D eigenvalue weighted by Gasteiger charge is -2.27. The molecular weight excluding hydrogens is 364 g/mol. The van der Waals surface area contributed by atoms with E-state index in [0.29, 0.717) is 12.1 Å². The zero-order chi connectivity index (χ0) is 20.3. The fraction of sp³-hybridized carbons (Fsp3) is 0.412. The van der Waals surface area contributed by atoms with E-state index in [0.717, 1.165) is 19.4 Å². The Balaban J connectivity index is 3.53. The van der Waals surface area contributed by atoms with Gasteiger partial charge < -0.3 is 4.74 Å². The Morgan fingerprint density at radius 1 is 1.08 bits per heavy atom. The average molecular weight is 381 g/mol. The summed E-state index contributed by atoms with van der Waals surface area (Å²) < 4.78 is 81.9. The van der Waals surface area contributed by atoms with Crippen LogP contribution in [0.4, 0.5) is 26.3 Å². The van der Waals surface area contributed by atoms with E-state index in [1.54, 1.807) is 13.8 Å². The Bertz CT molecular complexity index is 674. The second-order valence-electron chi connectivity index (χ2n) is 5.77. The van der Waals surface area contributed by atoms with Crippen LogP contribution in [0.5, 0.6) is 0 Å². The number of alkyl halides is 6. The van der Waals surface area contributed by atoms with Crippen molar-refractivity contribution >= 4 is 12.2 Å². The quantitative estimate of drug-likeness (QED) is 0.315. The third kappa shape index (κ3) is 4.64. The number of carbonyl (C=O) groups excluding carboxylic acids is 1.